The molecule has 0 spiro atoms. The normalized spacial score (nSPS) is 14.1. The third kappa shape index (κ3) is 3.62. The fourth-order valence-electron chi connectivity index (χ4n) is 2.83. The number of carbonyl (C=O) groups excluding carboxylic acids is 1. The summed E-state index contributed by atoms with van der Waals surface area (Å²) in [4.78, 5) is 12.5. The topological polar surface area (TPSA) is 35.5 Å². The molecule has 3 nitrogen and oxygen atoms in total. The van der Waals surface area contributed by atoms with Crippen molar-refractivity contribution in [2.75, 3.05) is 0 Å². The molecule has 28 heavy (non-hydrogen) atoms. The van der Waals surface area contributed by atoms with Gasteiger partial charge in [0.25, 0.3) is 0 Å². The summed E-state index contributed by atoms with van der Waals surface area (Å²) in [7, 11) is 0. The highest BCUT2D eigenvalue weighted by molar-refractivity contribution is 6.31. The van der Waals surface area contributed by atoms with Gasteiger partial charge in [-0.05, 0) is 48.0 Å². The van der Waals surface area contributed by atoms with E-state index in [1.54, 1.807) is 36.4 Å². The molecule has 0 unspecified atom stereocenters. The van der Waals surface area contributed by atoms with Gasteiger partial charge in [-0.3, -0.25) is 4.79 Å². The number of halogens is 3. The second kappa shape index (κ2) is 7.44. The van der Waals surface area contributed by atoms with Gasteiger partial charge in [0.2, 0.25) is 5.78 Å². The molecule has 0 N–H and O–H groups in total. The molecule has 0 saturated carbocycles. The number of fused-ring (bicyclic) bond motifs is 1. The van der Waals surface area contributed by atoms with E-state index in [0.717, 1.165) is 0 Å². The van der Waals surface area contributed by atoms with Gasteiger partial charge in [0.05, 0.1) is 10.6 Å². The molecule has 4 rings (SSSR count). The summed E-state index contributed by atoms with van der Waals surface area (Å²) in [6.45, 7) is -0.0652. The summed E-state index contributed by atoms with van der Waals surface area (Å²) in [6.07, 6.45) is 1.48. The molecule has 0 atom stereocenters. The summed E-state index contributed by atoms with van der Waals surface area (Å²) in [6, 6.07) is 15.0. The highest BCUT2D eigenvalue weighted by Crippen LogP contribution is 2.35. The third-order valence-corrected chi connectivity index (χ3v) is 4.59. The molecule has 0 fully saturated rings. The quantitative estimate of drug-likeness (QED) is 0.520. The Kier molecular flexibility index (Phi) is 4.84. The lowest BCUT2D eigenvalue weighted by atomic mass is 10.1. The highest BCUT2D eigenvalue weighted by Gasteiger charge is 2.27. The average molecular weight is 399 g/mol. The maximum atomic E-state index is 13.8. The second-order valence-electron chi connectivity index (χ2n) is 6.14. The largest absolute Gasteiger partial charge is 0.489 e. The van der Waals surface area contributed by atoms with Crippen molar-refractivity contribution in [3.05, 3.63) is 99.8 Å². The number of Topliss-reactive ketones (excluding diaryl/α,β-unsaturated/α-hetero) is 1. The van der Waals surface area contributed by atoms with E-state index in [1.807, 2.05) is 0 Å². The summed E-state index contributed by atoms with van der Waals surface area (Å²) >= 11 is 5.99. The minimum absolute atomic E-state index is 0.0652. The van der Waals surface area contributed by atoms with Crippen molar-refractivity contribution in [2.45, 2.75) is 6.61 Å². The number of hydrogen-bond acceptors (Lipinski definition) is 3. The number of allylic oxidation sites excluding steroid dienone is 1. The molecule has 1 aliphatic rings. The minimum Gasteiger partial charge on any atom is -0.489 e. The number of ether oxygens (including phenoxy) is 2. The van der Waals surface area contributed by atoms with Crippen LogP contribution in [0.3, 0.4) is 0 Å². The predicted octanol–water partition coefficient (Wildman–Crippen LogP) is 5.81. The fourth-order valence-corrected chi connectivity index (χ4v) is 3.05. The zero-order chi connectivity index (χ0) is 19.7. The molecular weight excluding hydrogens is 386 g/mol. The smallest absolute Gasteiger partial charge is 0.231 e. The van der Waals surface area contributed by atoms with E-state index in [0.29, 0.717) is 22.6 Å². The van der Waals surface area contributed by atoms with Gasteiger partial charge in [-0.15, -0.1) is 0 Å². The fraction of sp³-hybridized carbons (Fsp3) is 0.0455. The van der Waals surface area contributed by atoms with Crippen molar-refractivity contribution < 1.29 is 23.0 Å². The first-order valence-electron chi connectivity index (χ1n) is 8.41. The van der Waals surface area contributed by atoms with E-state index in [-0.39, 0.29) is 28.7 Å². The van der Waals surface area contributed by atoms with Gasteiger partial charge < -0.3 is 9.47 Å². The van der Waals surface area contributed by atoms with Crippen LogP contribution in [0.15, 0.2) is 66.4 Å². The average Bonchev–Trinajstić information content (AvgIpc) is 2.96. The Morgan fingerprint density at radius 2 is 1.86 bits per heavy atom. The van der Waals surface area contributed by atoms with Crippen LogP contribution in [0.4, 0.5) is 8.78 Å². The molecule has 1 heterocycles. The van der Waals surface area contributed by atoms with Crippen LogP contribution in [0, 0.1) is 11.6 Å². The lowest BCUT2D eigenvalue weighted by Crippen LogP contribution is -1.99. The van der Waals surface area contributed by atoms with Crippen LogP contribution in [0.5, 0.6) is 11.5 Å². The van der Waals surface area contributed by atoms with Gasteiger partial charge in [0.1, 0.15) is 29.7 Å². The molecule has 0 saturated heterocycles. The number of hydrogen-bond donors (Lipinski definition) is 0. The molecule has 0 radical (unpaired) electrons. The van der Waals surface area contributed by atoms with E-state index in [9.17, 15) is 13.6 Å². The van der Waals surface area contributed by atoms with Crippen LogP contribution in [0.1, 0.15) is 21.5 Å². The van der Waals surface area contributed by atoms with Gasteiger partial charge in [-0.25, -0.2) is 8.78 Å². The second-order valence-corrected chi connectivity index (χ2v) is 6.55. The van der Waals surface area contributed by atoms with Gasteiger partial charge in [0.15, 0.2) is 5.76 Å². The van der Waals surface area contributed by atoms with Crippen molar-refractivity contribution in [3.63, 3.8) is 0 Å². The number of benzene rings is 3. The Bertz CT molecular complexity index is 1090. The Morgan fingerprint density at radius 1 is 1.04 bits per heavy atom. The van der Waals surface area contributed by atoms with Crippen molar-refractivity contribution in [3.8, 4) is 11.5 Å². The molecule has 140 valence electrons. The van der Waals surface area contributed by atoms with Gasteiger partial charge in [-0.2, -0.15) is 0 Å². The van der Waals surface area contributed by atoms with Crippen molar-refractivity contribution in [1.82, 2.24) is 0 Å². The van der Waals surface area contributed by atoms with Crippen molar-refractivity contribution in [1.29, 1.82) is 0 Å². The van der Waals surface area contributed by atoms with Gasteiger partial charge in [-0.1, -0.05) is 29.8 Å². The van der Waals surface area contributed by atoms with Crippen molar-refractivity contribution >= 4 is 23.5 Å². The number of ketones is 1. The molecule has 3 aromatic carbocycles. The van der Waals surface area contributed by atoms with Crippen LogP contribution in [0.2, 0.25) is 5.02 Å². The lowest BCUT2D eigenvalue weighted by molar-refractivity contribution is 0.101. The van der Waals surface area contributed by atoms with Crippen LogP contribution < -0.4 is 9.47 Å². The van der Waals surface area contributed by atoms with Crippen LogP contribution in [-0.2, 0) is 6.61 Å². The molecule has 0 aliphatic carbocycles. The first-order chi connectivity index (χ1) is 13.5. The number of carbonyl (C=O) groups is 1. The molecule has 1 aliphatic heterocycles. The molecule has 0 bridgehead atoms. The van der Waals surface area contributed by atoms with E-state index in [1.165, 1.54) is 30.3 Å². The monoisotopic (exact) mass is 398 g/mol. The lowest BCUT2D eigenvalue weighted by Gasteiger charge is -2.09. The van der Waals surface area contributed by atoms with Crippen LogP contribution in [0.25, 0.3) is 6.08 Å². The predicted molar refractivity (Wildman–Crippen MR) is 102 cm³/mol. The standard InChI is InChI=1S/C22H13ClF2O3/c23-18-5-2-6-19(25)17(18)12-27-15-7-8-16-20(11-15)28-21(22(16)26)10-13-3-1-4-14(24)9-13/h1-11H,12H2/b21-10-. The van der Waals surface area contributed by atoms with E-state index >= 15 is 0 Å². The van der Waals surface area contributed by atoms with E-state index in [2.05, 4.69) is 0 Å². The highest BCUT2D eigenvalue weighted by atomic mass is 35.5. The zero-order valence-corrected chi connectivity index (χ0v) is 15.2. The molecule has 0 aromatic heterocycles. The summed E-state index contributed by atoms with van der Waals surface area (Å²) in [5.74, 6) is -0.347. The summed E-state index contributed by atoms with van der Waals surface area (Å²) < 4.78 is 38.4. The maximum absolute atomic E-state index is 13.8. The molecule has 6 heteroatoms. The third-order valence-electron chi connectivity index (χ3n) is 4.23. The molecule has 0 amide bonds. The number of rotatable bonds is 4. The Hall–Kier alpha value is -3.18. The zero-order valence-electron chi connectivity index (χ0n) is 14.4. The van der Waals surface area contributed by atoms with E-state index < -0.39 is 11.6 Å². The molecular formula is C22H13ClF2O3. The van der Waals surface area contributed by atoms with Gasteiger partial charge in [0, 0.05) is 11.6 Å². The van der Waals surface area contributed by atoms with E-state index in [4.69, 9.17) is 21.1 Å². The molecule has 3 aromatic rings. The van der Waals surface area contributed by atoms with Crippen molar-refractivity contribution in [2.24, 2.45) is 0 Å². The first-order valence-corrected chi connectivity index (χ1v) is 8.78. The Balaban J connectivity index is 1.54. The van der Waals surface area contributed by atoms with Gasteiger partial charge >= 0.3 is 0 Å². The maximum Gasteiger partial charge on any atom is 0.231 e. The van der Waals surface area contributed by atoms with Crippen LogP contribution in [-0.4, -0.2) is 5.78 Å². The summed E-state index contributed by atoms with van der Waals surface area (Å²) in [5, 5.41) is 0.271. The minimum atomic E-state index is -0.458. The first kappa shape index (κ1) is 18.2. The van der Waals surface area contributed by atoms with Crippen LogP contribution >= 0.6 is 11.6 Å². The summed E-state index contributed by atoms with van der Waals surface area (Å²) in [5.41, 5.74) is 1.13. The Labute approximate surface area is 164 Å². The Morgan fingerprint density at radius 3 is 2.64 bits per heavy atom. The SMILES string of the molecule is O=C1/C(=C/c2cccc(F)c2)Oc2cc(OCc3c(F)cccc3Cl)ccc21.